The van der Waals surface area contributed by atoms with E-state index in [-0.39, 0.29) is 16.6 Å². The topological polar surface area (TPSA) is 146 Å². The maximum absolute atomic E-state index is 14.4. The van der Waals surface area contributed by atoms with Crippen LogP contribution >= 0.6 is 0 Å². The lowest BCUT2D eigenvalue weighted by molar-refractivity contribution is -0.123. The number of hydrogen-bond donors (Lipinski definition) is 2. The van der Waals surface area contributed by atoms with E-state index in [2.05, 4.69) is 15.0 Å². The van der Waals surface area contributed by atoms with E-state index in [9.17, 15) is 13.2 Å². The molecule has 3 aromatic rings. The van der Waals surface area contributed by atoms with Gasteiger partial charge >= 0.3 is 0 Å². The number of amides is 1. The van der Waals surface area contributed by atoms with E-state index >= 15 is 0 Å². The van der Waals surface area contributed by atoms with Crippen LogP contribution in [0, 0.1) is 11.8 Å². The van der Waals surface area contributed by atoms with Gasteiger partial charge in [-0.2, -0.15) is 0 Å². The molecule has 0 spiro atoms. The van der Waals surface area contributed by atoms with Gasteiger partial charge in [-0.3, -0.25) is 4.79 Å². The highest BCUT2D eigenvalue weighted by Crippen LogP contribution is 2.41. The number of ether oxygens (including phenoxy) is 3. The lowest BCUT2D eigenvalue weighted by Crippen LogP contribution is -2.54. The second-order valence-electron chi connectivity index (χ2n) is 10.1. The molecule has 3 aromatic heterocycles. The van der Waals surface area contributed by atoms with Gasteiger partial charge in [0.15, 0.2) is 0 Å². The zero-order chi connectivity index (χ0) is 27.6. The first-order valence-electron chi connectivity index (χ1n) is 12.9. The Balaban J connectivity index is 1.54. The van der Waals surface area contributed by atoms with Crippen molar-refractivity contribution in [2.45, 2.75) is 42.4 Å². The maximum atomic E-state index is 14.4. The van der Waals surface area contributed by atoms with E-state index in [1.165, 1.54) is 30.6 Å². The van der Waals surface area contributed by atoms with Crippen LogP contribution in [-0.2, 0) is 19.4 Å². The van der Waals surface area contributed by atoms with Crippen LogP contribution in [0.4, 0.5) is 0 Å². The summed E-state index contributed by atoms with van der Waals surface area (Å²) in [6.07, 6.45) is 12.1. The number of nitrogens with one attached hydrogen (secondary N) is 1. The molecule has 1 fully saturated rings. The Kier molecular flexibility index (Phi) is 7.46. The average molecular weight is 553 g/mol. The average Bonchev–Trinajstić information content (AvgIpc) is 3.40. The molecule has 206 valence electrons. The minimum Gasteiger partial charge on any atom is -0.477 e. The number of nitrogens with zero attached hydrogens (tertiary/aromatic N) is 2. The van der Waals surface area contributed by atoms with Crippen molar-refractivity contribution < 1.29 is 27.4 Å². The number of H-pyrrole nitrogens is 1. The van der Waals surface area contributed by atoms with Crippen LogP contribution in [0.5, 0.6) is 11.6 Å². The summed E-state index contributed by atoms with van der Waals surface area (Å²) >= 11 is 0. The van der Waals surface area contributed by atoms with Crippen molar-refractivity contribution in [3.63, 3.8) is 0 Å². The summed E-state index contributed by atoms with van der Waals surface area (Å²) in [5.41, 5.74) is 6.98. The number of pyridine rings is 2. The molecule has 1 aliphatic heterocycles. The predicted molar refractivity (Wildman–Crippen MR) is 145 cm³/mol. The summed E-state index contributed by atoms with van der Waals surface area (Å²) in [7, 11) is -4.40. The van der Waals surface area contributed by atoms with Crippen LogP contribution < -0.4 is 15.2 Å². The van der Waals surface area contributed by atoms with E-state index in [0.717, 1.165) is 18.2 Å². The SMILES string of the molecule is CC(C)c1cc(S(=O)(=O)C2(Oc3cnc4[nH]ccc4c3)C=CC=CC2C(N)=O)cnc1OCC1CCOCC1. The third-order valence-corrected chi connectivity index (χ3v) is 9.30. The third kappa shape index (κ3) is 5.16. The van der Waals surface area contributed by atoms with Crippen molar-refractivity contribution in [3.8, 4) is 11.6 Å². The minimum atomic E-state index is -4.40. The van der Waals surface area contributed by atoms with Crippen LogP contribution in [0.25, 0.3) is 11.0 Å². The molecule has 39 heavy (non-hydrogen) atoms. The molecule has 1 aliphatic carbocycles. The molecule has 0 radical (unpaired) electrons. The number of aromatic nitrogens is 3. The molecule has 10 nitrogen and oxygen atoms in total. The van der Waals surface area contributed by atoms with Crippen LogP contribution in [-0.4, -0.2) is 54.0 Å². The largest absolute Gasteiger partial charge is 0.477 e. The Hall–Kier alpha value is -3.70. The number of fused-ring (bicyclic) bond motifs is 1. The standard InChI is InChI=1S/C28H32N4O6S/c1-18(2)23-14-22(16-32-27(23)37-17-19-7-11-36-12-8-19)39(34,35)28(9-4-3-5-24(28)25(29)33)38-21-13-20-6-10-30-26(20)31-15-21/h3-6,9-10,13-16,18-19,24H,7-8,11-12,17H2,1-2H3,(H2,29,33)(H,30,31). The molecule has 2 aliphatic rings. The number of carbonyl (C=O) groups excluding carboxylic acids is 1. The van der Waals surface area contributed by atoms with Gasteiger partial charge < -0.3 is 24.9 Å². The van der Waals surface area contributed by atoms with Crippen molar-refractivity contribution in [2.24, 2.45) is 17.6 Å². The predicted octanol–water partition coefficient (Wildman–Crippen LogP) is 3.66. The van der Waals surface area contributed by atoms with Crippen LogP contribution in [0.3, 0.4) is 0 Å². The third-order valence-electron chi connectivity index (χ3n) is 7.14. The number of rotatable bonds is 9. The Morgan fingerprint density at radius 2 is 2.00 bits per heavy atom. The summed E-state index contributed by atoms with van der Waals surface area (Å²) in [5.74, 6) is -1.32. The summed E-state index contributed by atoms with van der Waals surface area (Å²) in [4.78, 5) is 22.1. The summed E-state index contributed by atoms with van der Waals surface area (Å²) < 4.78 is 46.5. The van der Waals surface area contributed by atoms with Gasteiger partial charge in [0.05, 0.1) is 17.7 Å². The molecule has 4 heterocycles. The van der Waals surface area contributed by atoms with Gasteiger partial charge in [-0.25, -0.2) is 18.4 Å². The first kappa shape index (κ1) is 26.9. The molecule has 1 amide bonds. The highest BCUT2D eigenvalue weighted by molar-refractivity contribution is 7.93. The van der Waals surface area contributed by atoms with Crippen LogP contribution in [0.1, 0.15) is 38.2 Å². The van der Waals surface area contributed by atoms with Crippen molar-refractivity contribution >= 4 is 26.8 Å². The quantitative estimate of drug-likeness (QED) is 0.409. The molecular weight excluding hydrogens is 520 g/mol. The second-order valence-corrected chi connectivity index (χ2v) is 12.2. The Labute approximate surface area is 227 Å². The molecule has 2 unspecified atom stereocenters. The van der Waals surface area contributed by atoms with Gasteiger partial charge in [0.1, 0.15) is 17.3 Å². The molecule has 1 saturated heterocycles. The van der Waals surface area contributed by atoms with E-state index < -0.39 is 26.6 Å². The van der Waals surface area contributed by atoms with Gasteiger partial charge in [0, 0.05) is 36.6 Å². The van der Waals surface area contributed by atoms with Gasteiger partial charge in [-0.05, 0) is 49.0 Å². The Morgan fingerprint density at radius 3 is 2.74 bits per heavy atom. The highest BCUT2D eigenvalue weighted by atomic mass is 32.2. The zero-order valence-electron chi connectivity index (χ0n) is 21.9. The van der Waals surface area contributed by atoms with Crippen molar-refractivity contribution in [3.05, 3.63) is 66.7 Å². The van der Waals surface area contributed by atoms with Crippen LogP contribution in [0.15, 0.2) is 66.0 Å². The van der Waals surface area contributed by atoms with E-state index in [1.54, 1.807) is 30.5 Å². The number of carbonyl (C=O) groups is 1. The first-order valence-corrected chi connectivity index (χ1v) is 14.4. The molecule has 0 bridgehead atoms. The number of aromatic amines is 1. The normalized spacial score (nSPS) is 21.9. The number of nitrogens with two attached hydrogens (primary N) is 1. The van der Waals surface area contributed by atoms with Gasteiger partial charge in [-0.15, -0.1) is 0 Å². The highest BCUT2D eigenvalue weighted by Gasteiger charge is 2.54. The fraction of sp³-hybridized carbons (Fsp3) is 0.393. The summed E-state index contributed by atoms with van der Waals surface area (Å²) in [6, 6.07) is 5.00. The fourth-order valence-corrected chi connectivity index (χ4v) is 6.72. The Morgan fingerprint density at radius 1 is 1.21 bits per heavy atom. The maximum Gasteiger partial charge on any atom is 0.246 e. The molecule has 2 atom stereocenters. The summed E-state index contributed by atoms with van der Waals surface area (Å²) in [6.45, 7) is 5.75. The van der Waals surface area contributed by atoms with E-state index in [1.807, 2.05) is 13.8 Å². The number of sulfone groups is 1. The van der Waals surface area contributed by atoms with Gasteiger partial charge in [0.2, 0.25) is 26.6 Å². The van der Waals surface area contributed by atoms with Crippen molar-refractivity contribution in [1.82, 2.24) is 15.0 Å². The summed E-state index contributed by atoms with van der Waals surface area (Å²) in [5, 5.41) is 0.723. The molecular formula is C28H32N4O6S. The van der Waals surface area contributed by atoms with Crippen molar-refractivity contribution in [1.29, 1.82) is 0 Å². The first-order chi connectivity index (χ1) is 18.7. The van der Waals surface area contributed by atoms with Gasteiger partial charge in [-0.1, -0.05) is 32.1 Å². The zero-order valence-corrected chi connectivity index (χ0v) is 22.7. The molecule has 3 N–H and O–H groups in total. The van der Waals surface area contributed by atoms with E-state index in [4.69, 9.17) is 19.9 Å². The fourth-order valence-electron chi connectivity index (χ4n) is 4.89. The minimum absolute atomic E-state index is 0.0804. The van der Waals surface area contributed by atoms with E-state index in [0.29, 0.717) is 42.8 Å². The molecule has 0 saturated carbocycles. The number of hydrogen-bond acceptors (Lipinski definition) is 8. The Bertz CT molecular complexity index is 1520. The number of primary amides is 1. The second kappa shape index (κ2) is 10.8. The van der Waals surface area contributed by atoms with Crippen molar-refractivity contribution in [2.75, 3.05) is 19.8 Å². The lowest BCUT2D eigenvalue weighted by atomic mass is 9.96. The lowest BCUT2D eigenvalue weighted by Gasteiger charge is -2.36. The molecule has 5 rings (SSSR count). The number of allylic oxidation sites excluding steroid dienone is 2. The monoisotopic (exact) mass is 552 g/mol. The van der Waals surface area contributed by atoms with Crippen LogP contribution in [0.2, 0.25) is 0 Å². The van der Waals surface area contributed by atoms with Gasteiger partial charge in [0.25, 0.3) is 0 Å². The molecule has 11 heteroatoms. The molecule has 0 aromatic carbocycles. The smallest absolute Gasteiger partial charge is 0.246 e.